The summed E-state index contributed by atoms with van der Waals surface area (Å²) in [6.45, 7) is 0. The van der Waals surface area contributed by atoms with Gasteiger partial charge >= 0.3 is 0 Å². The number of nitrogens with one attached hydrogen (secondary N) is 1. The third-order valence-electron chi connectivity index (χ3n) is 3.62. The number of hydrogen-bond acceptors (Lipinski definition) is 4. The number of nitrogens with zero attached hydrogens (tertiary/aromatic N) is 1. The van der Waals surface area contributed by atoms with E-state index < -0.39 is 0 Å². The standard InChI is InChI=1S/C14H17N3O2/c1-18-12-6-10(11-7-13(15)17-16-11)14(19-2)9-5-3-4-8(9)12/h6-7H,3-5H2,1-2H3,(H3,15,16,17). The number of aromatic nitrogens is 2. The van der Waals surface area contributed by atoms with Gasteiger partial charge in [-0.1, -0.05) is 0 Å². The molecule has 5 nitrogen and oxygen atoms in total. The molecule has 1 aromatic heterocycles. The Morgan fingerprint density at radius 3 is 2.58 bits per heavy atom. The Morgan fingerprint density at radius 1 is 1.16 bits per heavy atom. The van der Waals surface area contributed by atoms with E-state index in [1.807, 2.05) is 6.07 Å². The molecule has 0 fully saturated rings. The van der Waals surface area contributed by atoms with Gasteiger partial charge in [0, 0.05) is 22.8 Å². The number of anilines is 1. The predicted molar refractivity (Wildman–Crippen MR) is 73.6 cm³/mol. The first-order chi connectivity index (χ1) is 9.24. The third-order valence-corrected chi connectivity index (χ3v) is 3.62. The number of rotatable bonds is 3. The highest BCUT2D eigenvalue weighted by atomic mass is 16.5. The SMILES string of the molecule is COc1cc(-c2cc(N)n[nH]2)c(OC)c2c1CCC2. The highest BCUT2D eigenvalue weighted by Gasteiger charge is 2.24. The van der Waals surface area contributed by atoms with Gasteiger partial charge < -0.3 is 15.2 Å². The molecular weight excluding hydrogens is 242 g/mol. The molecule has 0 aliphatic heterocycles. The van der Waals surface area contributed by atoms with E-state index >= 15 is 0 Å². The average molecular weight is 259 g/mol. The normalized spacial score (nSPS) is 13.4. The van der Waals surface area contributed by atoms with Gasteiger partial charge in [-0.05, 0) is 25.3 Å². The molecular formula is C14H17N3O2. The highest BCUT2D eigenvalue weighted by Crippen LogP contribution is 2.43. The molecule has 1 heterocycles. The van der Waals surface area contributed by atoms with Crippen molar-refractivity contribution < 1.29 is 9.47 Å². The van der Waals surface area contributed by atoms with Crippen molar-refractivity contribution in [3.8, 4) is 22.8 Å². The summed E-state index contributed by atoms with van der Waals surface area (Å²) in [5, 5.41) is 6.90. The molecule has 1 aromatic carbocycles. The molecule has 0 spiro atoms. The lowest BCUT2D eigenvalue weighted by Gasteiger charge is -2.15. The van der Waals surface area contributed by atoms with Crippen LogP contribution in [0, 0.1) is 0 Å². The molecule has 100 valence electrons. The van der Waals surface area contributed by atoms with E-state index in [-0.39, 0.29) is 0 Å². The molecule has 1 aliphatic rings. The summed E-state index contributed by atoms with van der Waals surface area (Å²) in [6, 6.07) is 3.80. The van der Waals surface area contributed by atoms with Gasteiger partial charge in [0.25, 0.3) is 0 Å². The molecule has 3 rings (SSSR count). The molecule has 2 aromatic rings. The van der Waals surface area contributed by atoms with Crippen molar-refractivity contribution in [2.45, 2.75) is 19.3 Å². The van der Waals surface area contributed by atoms with Crippen molar-refractivity contribution >= 4 is 5.82 Å². The smallest absolute Gasteiger partial charge is 0.145 e. The van der Waals surface area contributed by atoms with Crippen LogP contribution in [0.15, 0.2) is 12.1 Å². The zero-order valence-electron chi connectivity index (χ0n) is 11.1. The van der Waals surface area contributed by atoms with Crippen LogP contribution in [-0.2, 0) is 12.8 Å². The van der Waals surface area contributed by atoms with Crippen LogP contribution in [0.3, 0.4) is 0 Å². The summed E-state index contributed by atoms with van der Waals surface area (Å²) in [5.74, 6) is 2.28. The number of nitrogens with two attached hydrogens (primary N) is 1. The molecule has 19 heavy (non-hydrogen) atoms. The lowest BCUT2D eigenvalue weighted by atomic mass is 10.0. The fraction of sp³-hybridized carbons (Fsp3) is 0.357. The summed E-state index contributed by atoms with van der Waals surface area (Å²) in [4.78, 5) is 0. The van der Waals surface area contributed by atoms with E-state index in [0.717, 1.165) is 42.0 Å². The van der Waals surface area contributed by atoms with E-state index in [2.05, 4.69) is 10.2 Å². The Morgan fingerprint density at radius 2 is 1.95 bits per heavy atom. The second kappa shape index (κ2) is 4.50. The lowest BCUT2D eigenvalue weighted by Crippen LogP contribution is -1.98. The van der Waals surface area contributed by atoms with Gasteiger partial charge in [-0.15, -0.1) is 0 Å². The first-order valence-electron chi connectivity index (χ1n) is 6.32. The lowest BCUT2D eigenvalue weighted by molar-refractivity contribution is 0.399. The summed E-state index contributed by atoms with van der Waals surface area (Å²) >= 11 is 0. The van der Waals surface area contributed by atoms with Crippen molar-refractivity contribution in [1.82, 2.24) is 10.2 Å². The predicted octanol–water partition coefficient (Wildman–Crippen LogP) is 2.16. The first-order valence-corrected chi connectivity index (χ1v) is 6.32. The highest BCUT2D eigenvalue weighted by molar-refractivity contribution is 5.75. The molecule has 0 unspecified atom stereocenters. The minimum Gasteiger partial charge on any atom is -0.496 e. The minimum absolute atomic E-state index is 0.469. The number of hydrogen-bond donors (Lipinski definition) is 2. The molecule has 5 heteroatoms. The molecule has 0 radical (unpaired) electrons. The number of ether oxygens (including phenoxy) is 2. The molecule has 0 saturated heterocycles. The van der Waals surface area contributed by atoms with E-state index in [1.165, 1.54) is 11.1 Å². The van der Waals surface area contributed by atoms with Crippen LogP contribution >= 0.6 is 0 Å². The maximum Gasteiger partial charge on any atom is 0.145 e. The Kier molecular flexibility index (Phi) is 2.81. The second-order valence-electron chi connectivity index (χ2n) is 4.68. The Balaban J connectivity index is 2.24. The Labute approximate surface area is 111 Å². The zero-order chi connectivity index (χ0) is 13.4. The van der Waals surface area contributed by atoms with Gasteiger partial charge in [0.1, 0.15) is 17.3 Å². The molecule has 3 N–H and O–H groups in total. The van der Waals surface area contributed by atoms with E-state index in [1.54, 1.807) is 20.3 Å². The summed E-state index contributed by atoms with van der Waals surface area (Å²) in [6.07, 6.45) is 3.20. The van der Waals surface area contributed by atoms with Gasteiger partial charge in [0.05, 0.1) is 19.9 Å². The fourth-order valence-corrected chi connectivity index (χ4v) is 2.80. The van der Waals surface area contributed by atoms with E-state index in [9.17, 15) is 0 Å². The topological polar surface area (TPSA) is 73.2 Å². The molecule has 1 aliphatic carbocycles. The average Bonchev–Trinajstić information content (AvgIpc) is 3.05. The van der Waals surface area contributed by atoms with Gasteiger partial charge in [0.2, 0.25) is 0 Å². The van der Waals surface area contributed by atoms with Crippen molar-refractivity contribution in [3.63, 3.8) is 0 Å². The monoisotopic (exact) mass is 259 g/mol. The van der Waals surface area contributed by atoms with Crippen LogP contribution in [-0.4, -0.2) is 24.4 Å². The second-order valence-corrected chi connectivity index (χ2v) is 4.68. The largest absolute Gasteiger partial charge is 0.496 e. The zero-order valence-corrected chi connectivity index (χ0v) is 11.1. The van der Waals surface area contributed by atoms with Crippen molar-refractivity contribution in [2.24, 2.45) is 0 Å². The van der Waals surface area contributed by atoms with Crippen LogP contribution in [0.4, 0.5) is 5.82 Å². The quantitative estimate of drug-likeness (QED) is 0.886. The van der Waals surface area contributed by atoms with Gasteiger partial charge in [-0.2, -0.15) is 5.10 Å². The Bertz CT molecular complexity index is 619. The minimum atomic E-state index is 0.469. The van der Waals surface area contributed by atoms with E-state index in [4.69, 9.17) is 15.2 Å². The summed E-state index contributed by atoms with van der Waals surface area (Å²) in [7, 11) is 3.40. The Hall–Kier alpha value is -2.17. The van der Waals surface area contributed by atoms with Crippen LogP contribution in [0.2, 0.25) is 0 Å². The molecule has 0 saturated carbocycles. The van der Waals surface area contributed by atoms with Gasteiger partial charge in [-0.3, -0.25) is 5.10 Å². The number of fused-ring (bicyclic) bond motifs is 1. The number of aromatic amines is 1. The van der Waals surface area contributed by atoms with Gasteiger partial charge in [-0.25, -0.2) is 0 Å². The first kappa shape index (κ1) is 11.9. The van der Waals surface area contributed by atoms with Crippen LogP contribution < -0.4 is 15.2 Å². The van der Waals surface area contributed by atoms with Crippen LogP contribution in [0.1, 0.15) is 17.5 Å². The third kappa shape index (κ3) is 1.82. The van der Waals surface area contributed by atoms with Crippen molar-refractivity contribution in [1.29, 1.82) is 0 Å². The number of H-pyrrole nitrogens is 1. The number of benzene rings is 1. The van der Waals surface area contributed by atoms with Crippen LogP contribution in [0.5, 0.6) is 11.5 Å². The fourth-order valence-electron chi connectivity index (χ4n) is 2.80. The van der Waals surface area contributed by atoms with E-state index in [0.29, 0.717) is 5.82 Å². The van der Waals surface area contributed by atoms with Gasteiger partial charge in [0.15, 0.2) is 0 Å². The maximum atomic E-state index is 5.68. The molecule has 0 bridgehead atoms. The molecule has 0 amide bonds. The van der Waals surface area contributed by atoms with Crippen molar-refractivity contribution in [2.75, 3.05) is 20.0 Å². The van der Waals surface area contributed by atoms with Crippen molar-refractivity contribution in [3.05, 3.63) is 23.3 Å². The summed E-state index contributed by atoms with van der Waals surface area (Å²) in [5.41, 5.74) is 9.97. The number of nitrogen functional groups attached to an aromatic ring is 1. The molecule has 0 atom stereocenters. The van der Waals surface area contributed by atoms with Crippen LogP contribution in [0.25, 0.3) is 11.3 Å². The number of methoxy groups -OCH3 is 2. The maximum absolute atomic E-state index is 5.68. The summed E-state index contributed by atoms with van der Waals surface area (Å²) < 4.78 is 11.1.